The Labute approximate surface area is 171 Å². The molecule has 30 heavy (non-hydrogen) atoms. The normalized spacial score (nSPS) is 60.1. The van der Waals surface area contributed by atoms with E-state index < -0.39 is 87.9 Å². The van der Waals surface area contributed by atoms with Crippen molar-refractivity contribution in [3.05, 3.63) is 0 Å². The maximum absolute atomic E-state index is 13.4. The molecule has 11 atom stereocenters. The highest BCUT2D eigenvalue weighted by molar-refractivity contribution is 5.94. The molecule has 0 aromatic carbocycles. The Hall–Kier alpha value is -1.75. The van der Waals surface area contributed by atoms with Gasteiger partial charge in [0, 0.05) is 0 Å². The van der Waals surface area contributed by atoms with Crippen molar-refractivity contribution in [2.24, 2.45) is 28.1 Å². The van der Waals surface area contributed by atoms with E-state index in [1.165, 1.54) is 6.92 Å². The monoisotopic (exact) mass is 424 g/mol. The summed E-state index contributed by atoms with van der Waals surface area (Å²) in [5.41, 5.74) is -8.26. The Bertz CT molecular complexity index is 925. The zero-order chi connectivity index (χ0) is 21.8. The Morgan fingerprint density at radius 2 is 1.70 bits per heavy atom. The first-order valence-corrected chi connectivity index (χ1v) is 10.2. The molecule has 4 saturated heterocycles. The topological polar surface area (TPSA) is 149 Å². The zero-order valence-corrected chi connectivity index (χ0v) is 16.9. The van der Waals surface area contributed by atoms with Crippen molar-refractivity contribution < 1.29 is 48.7 Å². The van der Waals surface area contributed by atoms with Crippen LogP contribution >= 0.6 is 0 Å². The lowest BCUT2D eigenvalue weighted by Gasteiger charge is -2.47. The summed E-state index contributed by atoms with van der Waals surface area (Å²) in [6.07, 6.45) is -6.91. The second-order valence-electron chi connectivity index (χ2n) is 10.7. The van der Waals surface area contributed by atoms with Gasteiger partial charge in [-0.25, -0.2) is 9.59 Å². The molecule has 6 unspecified atom stereocenters. The summed E-state index contributed by atoms with van der Waals surface area (Å²) in [5, 5.41) is 34.7. The van der Waals surface area contributed by atoms with E-state index in [1.54, 1.807) is 0 Å². The van der Waals surface area contributed by atoms with Gasteiger partial charge in [-0.3, -0.25) is 4.79 Å². The van der Waals surface area contributed by atoms with Crippen LogP contribution < -0.4 is 0 Å². The maximum atomic E-state index is 13.4. The predicted molar refractivity (Wildman–Crippen MR) is 92.0 cm³/mol. The molecule has 0 amide bonds. The van der Waals surface area contributed by atoms with Gasteiger partial charge < -0.3 is 34.3 Å². The molecule has 2 aliphatic carbocycles. The number of aliphatic hydroxyl groups is 3. The van der Waals surface area contributed by atoms with Crippen molar-refractivity contribution in [1.29, 1.82) is 0 Å². The van der Waals surface area contributed by atoms with E-state index in [-0.39, 0.29) is 6.42 Å². The highest BCUT2D eigenvalue weighted by Gasteiger charge is 3.03. The standard InChI is InChI=1S/C20H24O10/c1-6-12(23)28-11-9(21)18-8-5-7(16(2,3)4)17(18)10(22)13(24)29-15(17)30-20(18,14(25)27-8)19(6,11)26/h6-11,15,21-22,26H,5H2,1-4H3/t6-,7+,8?,9+,10+,11?,15?,17?,18?,19-,20?/m1/s1. The SMILES string of the molecule is C[C@@H]1C(=O)OC2[C@H](O)C34C5C[C@@H](C(C)(C)C)C36C(OC(=O)[C@@H]6O)OC4(C(=O)O5)[C@]21O. The first-order valence-electron chi connectivity index (χ1n) is 10.2. The summed E-state index contributed by atoms with van der Waals surface area (Å²) < 4.78 is 22.5. The van der Waals surface area contributed by atoms with E-state index in [0.717, 1.165) is 0 Å². The van der Waals surface area contributed by atoms with Crippen molar-refractivity contribution in [3.63, 3.8) is 0 Å². The number of hydrogen-bond donors (Lipinski definition) is 3. The van der Waals surface area contributed by atoms with Gasteiger partial charge >= 0.3 is 17.9 Å². The van der Waals surface area contributed by atoms with E-state index in [9.17, 15) is 29.7 Å². The van der Waals surface area contributed by atoms with Gasteiger partial charge in [-0.2, -0.15) is 0 Å². The van der Waals surface area contributed by atoms with Crippen LogP contribution in [0, 0.1) is 28.1 Å². The van der Waals surface area contributed by atoms with Gasteiger partial charge in [-0.15, -0.1) is 0 Å². The van der Waals surface area contributed by atoms with Crippen LogP contribution in [0.15, 0.2) is 0 Å². The van der Waals surface area contributed by atoms with Crippen LogP contribution in [0.25, 0.3) is 0 Å². The van der Waals surface area contributed by atoms with Crippen molar-refractivity contribution in [2.75, 3.05) is 0 Å². The molecule has 0 radical (unpaired) electrons. The molecule has 0 bridgehead atoms. The number of carbonyl (C=O) groups is 3. The maximum Gasteiger partial charge on any atom is 0.343 e. The Morgan fingerprint density at radius 1 is 1.03 bits per heavy atom. The predicted octanol–water partition coefficient (Wildman–Crippen LogP) is -1.37. The minimum absolute atomic E-state index is 0.229. The van der Waals surface area contributed by atoms with Gasteiger partial charge in [0.25, 0.3) is 0 Å². The Balaban J connectivity index is 1.72. The molecule has 4 aliphatic heterocycles. The van der Waals surface area contributed by atoms with Crippen molar-refractivity contribution >= 4 is 17.9 Å². The third-order valence-electron chi connectivity index (χ3n) is 9.00. The van der Waals surface area contributed by atoms with Crippen LogP contribution in [0.3, 0.4) is 0 Å². The molecule has 2 spiro atoms. The largest absolute Gasteiger partial charge is 0.459 e. The smallest absolute Gasteiger partial charge is 0.343 e. The van der Waals surface area contributed by atoms with Gasteiger partial charge in [0.2, 0.25) is 11.9 Å². The second-order valence-corrected chi connectivity index (χ2v) is 10.7. The quantitative estimate of drug-likeness (QED) is 0.314. The van der Waals surface area contributed by atoms with Crippen LogP contribution in [-0.4, -0.2) is 75.1 Å². The van der Waals surface area contributed by atoms with Crippen molar-refractivity contribution in [1.82, 2.24) is 0 Å². The molecular formula is C20H24O10. The number of aliphatic hydroxyl groups excluding tert-OH is 2. The molecule has 6 rings (SSSR count). The fourth-order valence-corrected chi connectivity index (χ4v) is 8.12. The fraction of sp³-hybridized carbons (Fsp3) is 0.850. The minimum Gasteiger partial charge on any atom is -0.459 e. The lowest BCUT2D eigenvalue weighted by Crippen LogP contribution is -2.67. The number of ether oxygens (including phenoxy) is 4. The van der Waals surface area contributed by atoms with E-state index in [2.05, 4.69) is 0 Å². The van der Waals surface area contributed by atoms with Gasteiger partial charge in [0.05, 0.1) is 16.7 Å². The van der Waals surface area contributed by atoms with E-state index in [0.29, 0.717) is 0 Å². The first kappa shape index (κ1) is 19.0. The molecule has 0 aromatic heterocycles. The van der Waals surface area contributed by atoms with Crippen molar-refractivity contribution in [2.45, 2.75) is 76.0 Å². The van der Waals surface area contributed by atoms with Crippen LogP contribution in [0.4, 0.5) is 0 Å². The summed E-state index contributed by atoms with van der Waals surface area (Å²) in [7, 11) is 0. The molecule has 0 aromatic rings. The number of esters is 3. The molecule has 3 N–H and O–H groups in total. The van der Waals surface area contributed by atoms with Crippen molar-refractivity contribution in [3.8, 4) is 0 Å². The van der Waals surface area contributed by atoms with Gasteiger partial charge in [-0.1, -0.05) is 20.8 Å². The van der Waals surface area contributed by atoms with Gasteiger partial charge in [0.1, 0.15) is 12.2 Å². The van der Waals surface area contributed by atoms with Gasteiger partial charge in [0.15, 0.2) is 17.8 Å². The third kappa shape index (κ3) is 1.33. The molecule has 10 heteroatoms. The van der Waals surface area contributed by atoms with Crippen LogP contribution in [0.5, 0.6) is 0 Å². The summed E-state index contributed by atoms with van der Waals surface area (Å²) in [4.78, 5) is 38.2. The average Bonchev–Trinajstić information content (AvgIpc) is 3.35. The number of fused-ring (bicyclic) bond motifs is 1. The summed E-state index contributed by atoms with van der Waals surface area (Å²) in [6, 6.07) is 0. The highest BCUT2D eigenvalue weighted by atomic mass is 16.8. The van der Waals surface area contributed by atoms with E-state index in [1.807, 2.05) is 20.8 Å². The summed E-state index contributed by atoms with van der Waals surface area (Å²) in [5.74, 6) is -4.32. The molecule has 2 saturated carbocycles. The molecular weight excluding hydrogens is 400 g/mol. The zero-order valence-electron chi connectivity index (χ0n) is 16.9. The highest BCUT2D eigenvalue weighted by Crippen LogP contribution is 2.84. The van der Waals surface area contributed by atoms with Crippen LogP contribution in [0.1, 0.15) is 34.1 Å². The lowest BCUT2D eigenvalue weighted by molar-refractivity contribution is -0.239. The van der Waals surface area contributed by atoms with E-state index in [4.69, 9.17) is 18.9 Å². The van der Waals surface area contributed by atoms with Crippen LogP contribution in [0.2, 0.25) is 0 Å². The Kier molecular flexibility index (Phi) is 2.97. The minimum atomic E-state index is -2.24. The second kappa shape index (κ2) is 4.69. The molecule has 6 fully saturated rings. The van der Waals surface area contributed by atoms with Gasteiger partial charge in [-0.05, 0) is 24.7 Å². The van der Waals surface area contributed by atoms with E-state index >= 15 is 0 Å². The number of rotatable bonds is 0. The summed E-state index contributed by atoms with van der Waals surface area (Å²) in [6.45, 7) is 7.14. The average molecular weight is 424 g/mol. The number of carbonyl (C=O) groups excluding carboxylic acids is 3. The fourth-order valence-electron chi connectivity index (χ4n) is 8.12. The molecule has 10 nitrogen and oxygen atoms in total. The third-order valence-corrected chi connectivity index (χ3v) is 9.00. The molecule has 6 aliphatic rings. The first-order chi connectivity index (χ1) is 13.8. The molecule has 164 valence electrons. The number of hydrogen-bond acceptors (Lipinski definition) is 10. The molecule has 4 heterocycles. The summed E-state index contributed by atoms with van der Waals surface area (Å²) >= 11 is 0. The Morgan fingerprint density at radius 3 is 2.33 bits per heavy atom. The van der Waals surface area contributed by atoms with Crippen LogP contribution in [-0.2, 0) is 33.3 Å². The lowest BCUT2D eigenvalue weighted by atomic mass is 9.51.